The molecule has 0 saturated carbocycles. The Kier molecular flexibility index (Phi) is 2.01. The van der Waals surface area contributed by atoms with Crippen LogP contribution in [0.1, 0.15) is 17.2 Å². The molecular formula is C11H13ClN2. The van der Waals surface area contributed by atoms with Gasteiger partial charge < -0.3 is 5.32 Å². The first kappa shape index (κ1) is 8.72. The fraction of sp³-hybridized carbons (Fsp3) is 0.455. The molecule has 1 N–H and O–H groups in total. The third kappa shape index (κ3) is 1.26. The Morgan fingerprint density at radius 1 is 1.43 bits per heavy atom. The molecule has 3 heteroatoms. The van der Waals surface area contributed by atoms with Crippen molar-refractivity contribution in [3.63, 3.8) is 0 Å². The quantitative estimate of drug-likeness (QED) is 0.700. The van der Waals surface area contributed by atoms with Crippen molar-refractivity contribution in [2.45, 2.75) is 12.6 Å². The van der Waals surface area contributed by atoms with Gasteiger partial charge in [-0.05, 0) is 23.3 Å². The highest BCUT2D eigenvalue weighted by molar-refractivity contribution is 6.30. The van der Waals surface area contributed by atoms with E-state index in [0.717, 1.165) is 31.2 Å². The fourth-order valence-corrected chi connectivity index (χ4v) is 2.69. The van der Waals surface area contributed by atoms with Crippen LogP contribution in [0.15, 0.2) is 18.2 Å². The number of nitrogens with one attached hydrogen (secondary N) is 1. The summed E-state index contributed by atoms with van der Waals surface area (Å²) in [5.74, 6) is 0. The van der Waals surface area contributed by atoms with Gasteiger partial charge in [-0.2, -0.15) is 0 Å². The van der Waals surface area contributed by atoms with Crippen molar-refractivity contribution in [2.75, 3.05) is 19.6 Å². The molecule has 2 aliphatic rings. The Bertz CT molecular complexity index is 364. The van der Waals surface area contributed by atoms with Gasteiger partial charge in [0.05, 0.1) is 0 Å². The van der Waals surface area contributed by atoms with E-state index in [0.29, 0.717) is 6.04 Å². The summed E-state index contributed by atoms with van der Waals surface area (Å²) in [5, 5.41) is 4.29. The van der Waals surface area contributed by atoms with Gasteiger partial charge in [-0.1, -0.05) is 17.7 Å². The van der Waals surface area contributed by atoms with Crippen LogP contribution in [-0.4, -0.2) is 24.5 Å². The molecular weight excluding hydrogens is 196 g/mol. The van der Waals surface area contributed by atoms with E-state index >= 15 is 0 Å². The first-order valence-corrected chi connectivity index (χ1v) is 5.45. The van der Waals surface area contributed by atoms with Gasteiger partial charge in [-0.15, -0.1) is 0 Å². The highest BCUT2D eigenvalue weighted by Gasteiger charge is 2.31. The lowest BCUT2D eigenvalue weighted by Crippen LogP contribution is -2.42. The number of fused-ring (bicyclic) bond motifs is 3. The summed E-state index contributed by atoms with van der Waals surface area (Å²) in [5.41, 5.74) is 2.87. The molecule has 2 nitrogen and oxygen atoms in total. The van der Waals surface area contributed by atoms with Crippen LogP contribution in [0, 0.1) is 0 Å². The molecule has 0 amide bonds. The van der Waals surface area contributed by atoms with Crippen LogP contribution in [0.5, 0.6) is 0 Å². The van der Waals surface area contributed by atoms with Gasteiger partial charge in [-0.3, -0.25) is 4.90 Å². The number of halogens is 1. The minimum atomic E-state index is 0.580. The molecule has 3 rings (SSSR count). The monoisotopic (exact) mass is 208 g/mol. The number of benzene rings is 1. The summed E-state index contributed by atoms with van der Waals surface area (Å²) in [6.07, 6.45) is 0. The summed E-state index contributed by atoms with van der Waals surface area (Å²) in [7, 11) is 0. The average Bonchev–Trinajstić information content (AvgIpc) is 2.54. The van der Waals surface area contributed by atoms with Crippen molar-refractivity contribution < 1.29 is 0 Å². The Morgan fingerprint density at radius 3 is 3.29 bits per heavy atom. The maximum absolute atomic E-state index is 5.99. The highest BCUT2D eigenvalue weighted by Crippen LogP contribution is 2.35. The number of nitrogens with zero attached hydrogens (tertiary/aromatic N) is 1. The van der Waals surface area contributed by atoms with E-state index < -0.39 is 0 Å². The normalized spacial score (nSPS) is 25.9. The minimum Gasteiger partial charge on any atom is -0.314 e. The van der Waals surface area contributed by atoms with Crippen molar-refractivity contribution in [2.24, 2.45) is 0 Å². The lowest BCUT2D eigenvalue weighted by atomic mass is 10.0. The van der Waals surface area contributed by atoms with Gasteiger partial charge in [0, 0.05) is 37.2 Å². The van der Waals surface area contributed by atoms with Crippen molar-refractivity contribution in [1.82, 2.24) is 10.2 Å². The first-order valence-electron chi connectivity index (χ1n) is 5.08. The molecule has 1 fully saturated rings. The predicted octanol–water partition coefficient (Wildman–Crippen LogP) is 1.80. The van der Waals surface area contributed by atoms with Crippen molar-refractivity contribution >= 4 is 11.6 Å². The molecule has 1 unspecified atom stereocenters. The SMILES string of the molecule is Clc1ccc2c(c1)CN1CCNCC21. The Balaban J connectivity index is 2.01. The van der Waals surface area contributed by atoms with Gasteiger partial charge in [0.25, 0.3) is 0 Å². The Hall–Kier alpha value is -0.570. The van der Waals surface area contributed by atoms with E-state index in [4.69, 9.17) is 11.6 Å². The molecule has 2 heterocycles. The highest BCUT2D eigenvalue weighted by atomic mass is 35.5. The zero-order valence-corrected chi connectivity index (χ0v) is 8.72. The summed E-state index contributed by atoms with van der Waals surface area (Å²) in [4.78, 5) is 2.53. The van der Waals surface area contributed by atoms with E-state index in [-0.39, 0.29) is 0 Å². The third-order valence-electron chi connectivity index (χ3n) is 3.19. The average molecular weight is 209 g/mol. The lowest BCUT2D eigenvalue weighted by molar-refractivity contribution is 0.178. The topological polar surface area (TPSA) is 15.3 Å². The lowest BCUT2D eigenvalue weighted by Gasteiger charge is -2.30. The van der Waals surface area contributed by atoms with Gasteiger partial charge >= 0.3 is 0 Å². The third-order valence-corrected chi connectivity index (χ3v) is 3.43. The van der Waals surface area contributed by atoms with Crippen LogP contribution in [0.4, 0.5) is 0 Å². The minimum absolute atomic E-state index is 0.580. The van der Waals surface area contributed by atoms with E-state index in [1.165, 1.54) is 11.1 Å². The molecule has 0 spiro atoms. The molecule has 0 aromatic heterocycles. The maximum Gasteiger partial charge on any atom is 0.0480 e. The second-order valence-corrected chi connectivity index (χ2v) is 4.47. The van der Waals surface area contributed by atoms with Crippen molar-refractivity contribution in [1.29, 1.82) is 0 Å². The van der Waals surface area contributed by atoms with E-state index in [1.807, 2.05) is 6.07 Å². The van der Waals surface area contributed by atoms with Gasteiger partial charge in [0.15, 0.2) is 0 Å². The largest absolute Gasteiger partial charge is 0.314 e. The van der Waals surface area contributed by atoms with Crippen molar-refractivity contribution in [3.8, 4) is 0 Å². The number of rotatable bonds is 0. The summed E-state index contributed by atoms with van der Waals surface area (Å²) in [6.45, 7) is 4.41. The predicted molar refractivity (Wildman–Crippen MR) is 57.5 cm³/mol. The van der Waals surface area contributed by atoms with E-state index in [1.54, 1.807) is 0 Å². The number of piperazine rings is 1. The molecule has 1 aromatic carbocycles. The second-order valence-electron chi connectivity index (χ2n) is 4.03. The molecule has 14 heavy (non-hydrogen) atoms. The van der Waals surface area contributed by atoms with E-state index in [9.17, 15) is 0 Å². The van der Waals surface area contributed by atoms with Gasteiger partial charge in [0.1, 0.15) is 0 Å². The molecule has 1 aromatic rings. The summed E-state index contributed by atoms with van der Waals surface area (Å²) in [6, 6.07) is 6.86. The van der Waals surface area contributed by atoms with E-state index in [2.05, 4.69) is 22.3 Å². The Labute approximate surface area is 88.9 Å². The maximum atomic E-state index is 5.99. The van der Waals surface area contributed by atoms with Crippen LogP contribution in [0.2, 0.25) is 5.02 Å². The summed E-state index contributed by atoms with van der Waals surface area (Å²) >= 11 is 5.99. The number of hydrogen-bond acceptors (Lipinski definition) is 2. The molecule has 0 radical (unpaired) electrons. The number of hydrogen-bond donors (Lipinski definition) is 1. The van der Waals surface area contributed by atoms with Crippen LogP contribution in [0.3, 0.4) is 0 Å². The second kappa shape index (κ2) is 3.23. The molecule has 74 valence electrons. The van der Waals surface area contributed by atoms with Gasteiger partial charge in [-0.25, -0.2) is 0 Å². The molecule has 2 aliphatic heterocycles. The zero-order valence-electron chi connectivity index (χ0n) is 7.96. The molecule has 0 bridgehead atoms. The first-order chi connectivity index (χ1) is 6.84. The summed E-state index contributed by atoms with van der Waals surface area (Å²) < 4.78 is 0. The van der Waals surface area contributed by atoms with Gasteiger partial charge in [0.2, 0.25) is 0 Å². The van der Waals surface area contributed by atoms with Crippen LogP contribution in [-0.2, 0) is 6.54 Å². The van der Waals surface area contributed by atoms with Crippen LogP contribution in [0.25, 0.3) is 0 Å². The van der Waals surface area contributed by atoms with Crippen LogP contribution < -0.4 is 5.32 Å². The smallest absolute Gasteiger partial charge is 0.0480 e. The molecule has 0 aliphatic carbocycles. The standard InChI is InChI=1S/C11H13ClN2/c12-9-1-2-10-8(5-9)7-14-4-3-13-6-11(10)14/h1-2,5,11,13H,3-4,6-7H2. The Morgan fingerprint density at radius 2 is 2.36 bits per heavy atom. The molecule has 1 saturated heterocycles. The van der Waals surface area contributed by atoms with Crippen molar-refractivity contribution in [3.05, 3.63) is 34.3 Å². The van der Waals surface area contributed by atoms with Crippen LogP contribution >= 0.6 is 11.6 Å². The zero-order chi connectivity index (χ0) is 9.54. The fourth-order valence-electron chi connectivity index (χ4n) is 2.50. The molecule has 1 atom stereocenters.